The lowest BCUT2D eigenvalue weighted by atomic mass is 10.2. The normalized spacial score (nSPS) is 14.8. The number of carbonyl (C=O) groups is 1. The Hall–Kier alpha value is -1.14. The lowest BCUT2D eigenvalue weighted by Gasteiger charge is -2.14. The summed E-state index contributed by atoms with van der Waals surface area (Å²) in [6.45, 7) is 4.01. The molecule has 1 aromatic rings. The van der Waals surface area contributed by atoms with Gasteiger partial charge >= 0.3 is 5.97 Å². The van der Waals surface area contributed by atoms with Crippen molar-refractivity contribution in [3.8, 4) is 0 Å². The number of hydrogen-bond donors (Lipinski definition) is 1. The fourth-order valence-electron chi connectivity index (χ4n) is 1.71. The highest BCUT2D eigenvalue weighted by molar-refractivity contribution is 7.17. The molecule has 100 valence electrons. The van der Waals surface area contributed by atoms with Crippen LogP contribution < -0.4 is 4.90 Å². The van der Waals surface area contributed by atoms with Gasteiger partial charge in [-0.1, -0.05) is 11.3 Å². The molecule has 18 heavy (non-hydrogen) atoms. The summed E-state index contributed by atoms with van der Waals surface area (Å²) in [7, 11) is 1.92. The number of carboxylic acids is 1. The molecule has 6 heteroatoms. The third kappa shape index (κ3) is 3.00. The maximum atomic E-state index is 11.2. The van der Waals surface area contributed by atoms with Crippen LogP contribution >= 0.6 is 11.3 Å². The number of aromatic nitrogens is 1. The second kappa shape index (κ2) is 5.67. The highest BCUT2D eigenvalue weighted by atomic mass is 32.1. The molecule has 5 nitrogen and oxygen atoms in total. The molecule has 0 saturated heterocycles. The minimum Gasteiger partial charge on any atom is -0.477 e. The zero-order valence-corrected chi connectivity index (χ0v) is 11.5. The number of ether oxygens (including phenoxy) is 1. The van der Waals surface area contributed by atoms with Crippen LogP contribution in [0, 0.1) is 0 Å². The number of nitrogens with zero attached hydrogens (tertiary/aromatic N) is 2. The fraction of sp³-hybridized carbons (Fsp3) is 0.667. The molecule has 0 aliphatic heterocycles. The summed E-state index contributed by atoms with van der Waals surface area (Å²) in [5, 5.41) is 9.95. The fourth-order valence-corrected chi connectivity index (χ4v) is 2.69. The Bertz CT molecular complexity index is 429. The Morgan fingerprint density at radius 1 is 1.61 bits per heavy atom. The van der Waals surface area contributed by atoms with Gasteiger partial charge in [-0.2, -0.15) is 0 Å². The number of aromatic carboxylic acids is 1. The van der Waals surface area contributed by atoms with E-state index in [9.17, 15) is 9.90 Å². The number of likely N-dealkylation sites (N-methyl/N-ethyl adjacent to an activating group) is 1. The van der Waals surface area contributed by atoms with E-state index in [1.807, 2.05) is 18.9 Å². The minimum atomic E-state index is -0.862. The molecular weight excluding hydrogens is 252 g/mol. The smallest absolute Gasteiger partial charge is 0.347 e. The first kappa shape index (κ1) is 13.3. The van der Waals surface area contributed by atoms with Gasteiger partial charge in [0.1, 0.15) is 4.88 Å². The van der Waals surface area contributed by atoms with Crippen LogP contribution in [-0.2, 0) is 4.74 Å². The molecule has 1 heterocycles. The van der Waals surface area contributed by atoms with Gasteiger partial charge in [-0.15, -0.1) is 0 Å². The molecule has 2 rings (SSSR count). The second-order valence-electron chi connectivity index (χ2n) is 4.41. The molecule has 0 amide bonds. The van der Waals surface area contributed by atoms with Crippen molar-refractivity contribution in [2.24, 2.45) is 0 Å². The Kier molecular flexibility index (Phi) is 4.19. The quantitative estimate of drug-likeness (QED) is 0.769. The van der Waals surface area contributed by atoms with E-state index in [2.05, 4.69) is 4.98 Å². The van der Waals surface area contributed by atoms with Crippen LogP contribution in [0.5, 0.6) is 0 Å². The van der Waals surface area contributed by atoms with Gasteiger partial charge in [-0.25, -0.2) is 9.78 Å². The molecule has 0 aromatic carbocycles. The Balaban J connectivity index is 2.08. The summed E-state index contributed by atoms with van der Waals surface area (Å²) in [5.41, 5.74) is 0.769. The van der Waals surface area contributed by atoms with E-state index in [-0.39, 0.29) is 0 Å². The highest BCUT2D eigenvalue weighted by Crippen LogP contribution is 2.44. The van der Waals surface area contributed by atoms with Crippen LogP contribution in [-0.4, -0.2) is 42.9 Å². The van der Waals surface area contributed by atoms with Crippen LogP contribution in [0.3, 0.4) is 0 Å². The highest BCUT2D eigenvalue weighted by Gasteiger charge is 2.32. The van der Waals surface area contributed by atoms with Crippen LogP contribution in [0.15, 0.2) is 0 Å². The summed E-state index contributed by atoms with van der Waals surface area (Å²) < 4.78 is 5.29. The largest absolute Gasteiger partial charge is 0.477 e. The second-order valence-corrected chi connectivity index (χ2v) is 5.39. The number of anilines is 1. The van der Waals surface area contributed by atoms with Crippen LogP contribution in [0.2, 0.25) is 0 Å². The molecule has 1 fully saturated rings. The van der Waals surface area contributed by atoms with E-state index >= 15 is 0 Å². The first-order valence-corrected chi connectivity index (χ1v) is 6.98. The SMILES string of the molecule is CCOCCN(C)c1nc(C2CC2)c(C(=O)O)s1. The van der Waals surface area contributed by atoms with Crippen molar-refractivity contribution in [1.29, 1.82) is 0 Å². The molecule has 0 spiro atoms. The van der Waals surface area contributed by atoms with E-state index < -0.39 is 5.97 Å². The third-order valence-corrected chi connectivity index (χ3v) is 4.08. The molecule has 1 aromatic heterocycles. The average Bonchev–Trinajstić information content (AvgIpc) is 3.07. The number of carboxylic acid groups (broad SMARTS) is 1. The van der Waals surface area contributed by atoms with Crippen LogP contribution in [0.4, 0.5) is 5.13 Å². The van der Waals surface area contributed by atoms with Crippen molar-refractivity contribution in [1.82, 2.24) is 4.98 Å². The van der Waals surface area contributed by atoms with E-state index in [1.54, 1.807) is 0 Å². The molecule has 1 N–H and O–H groups in total. The van der Waals surface area contributed by atoms with Crippen molar-refractivity contribution in [3.63, 3.8) is 0 Å². The van der Waals surface area contributed by atoms with Gasteiger partial charge in [-0.05, 0) is 19.8 Å². The van der Waals surface area contributed by atoms with Crippen LogP contribution in [0.1, 0.15) is 41.0 Å². The van der Waals surface area contributed by atoms with Gasteiger partial charge < -0.3 is 14.7 Å². The Morgan fingerprint density at radius 2 is 2.33 bits per heavy atom. The number of hydrogen-bond acceptors (Lipinski definition) is 5. The molecule has 0 unspecified atom stereocenters. The van der Waals surface area contributed by atoms with Gasteiger partial charge in [0, 0.05) is 26.1 Å². The summed E-state index contributed by atoms with van der Waals surface area (Å²) >= 11 is 1.26. The van der Waals surface area contributed by atoms with Gasteiger partial charge in [0.25, 0.3) is 0 Å². The monoisotopic (exact) mass is 270 g/mol. The van der Waals surface area contributed by atoms with Gasteiger partial charge in [0.2, 0.25) is 0 Å². The predicted molar refractivity (Wildman–Crippen MR) is 70.8 cm³/mol. The molecule has 0 atom stereocenters. The van der Waals surface area contributed by atoms with Gasteiger partial charge in [0.05, 0.1) is 12.3 Å². The van der Waals surface area contributed by atoms with Crippen molar-refractivity contribution < 1.29 is 14.6 Å². The molecule has 1 saturated carbocycles. The van der Waals surface area contributed by atoms with E-state index in [0.717, 1.165) is 30.2 Å². The zero-order chi connectivity index (χ0) is 13.1. The molecular formula is C12H18N2O3S. The third-order valence-electron chi connectivity index (χ3n) is 2.90. The summed E-state index contributed by atoms with van der Waals surface area (Å²) in [5.74, 6) is -0.500. The van der Waals surface area contributed by atoms with E-state index in [0.29, 0.717) is 24.0 Å². The van der Waals surface area contributed by atoms with Crippen molar-refractivity contribution in [2.75, 3.05) is 31.7 Å². The van der Waals surface area contributed by atoms with Crippen molar-refractivity contribution in [3.05, 3.63) is 10.6 Å². The summed E-state index contributed by atoms with van der Waals surface area (Å²) in [4.78, 5) is 18.0. The first-order valence-electron chi connectivity index (χ1n) is 6.16. The molecule has 1 aliphatic carbocycles. The summed E-state index contributed by atoms with van der Waals surface area (Å²) in [6, 6.07) is 0. The Morgan fingerprint density at radius 3 is 2.89 bits per heavy atom. The van der Waals surface area contributed by atoms with Crippen molar-refractivity contribution >= 4 is 22.4 Å². The maximum absolute atomic E-state index is 11.2. The summed E-state index contributed by atoms with van der Waals surface area (Å²) in [6.07, 6.45) is 2.12. The Labute approximate surface area is 110 Å². The van der Waals surface area contributed by atoms with E-state index in [4.69, 9.17) is 4.74 Å². The minimum absolute atomic E-state index is 0.362. The van der Waals surface area contributed by atoms with Crippen LogP contribution in [0.25, 0.3) is 0 Å². The standard InChI is InChI=1S/C12H18N2O3S/c1-3-17-7-6-14(2)12-13-9(8-4-5-8)10(18-12)11(15)16/h8H,3-7H2,1-2H3,(H,15,16). The van der Waals surface area contributed by atoms with E-state index in [1.165, 1.54) is 11.3 Å². The maximum Gasteiger partial charge on any atom is 0.347 e. The zero-order valence-electron chi connectivity index (χ0n) is 10.7. The van der Waals surface area contributed by atoms with Crippen molar-refractivity contribution in [2.45, 2.75) is 25.7 Å². The van der Waals surface area contributed by atoms with Gasteiger partial charge in [0.15, 0.2) is 5.13 Å². The molecule has 1 aliphatic rings. The lowest BCUT2D eigenvalue weighted by molar-refractivity contribution is 0.0700. The molecule has 0 radical (unpaired) electrons. The average molecular weight is 270 g/mol. The number of rotatable bonds is 7. The lowest BCUT2D eigenvalue weighted by Crippen LogP contribution is -2.22. The predicted octanol–water partition coefficient (Wildman–Crippen LogP) is 2.19. The molecule has 0 bridgehead atoms. The topological polar surface area (TPSA) is 62.7 Å². The first-order chi connectivity index (χ1) is 8.63. The number of thiazole rings is 1. The van der Waals surface area contributed by atoms with Gasteiger partial charge in [-0.3, -0.25) is 0 Å².